The third-order valence-electron chi connectivity index (χ3n) is 6.37. The fourth-order valence-corrected chi connectivity index (χ4v) is 4.37. The van der Waals surface area contributed by atoms with Crippen molar-refractivity contribution < 1.29 is 33.2 Å². The molecule has 0 aromatic heterocycles. The van der Waals surface area contributed by atoms with Gasteiger partial charge < -0.3 is 19.9 Å². The van der Waals surface area contributed by atoms with Crippen LogP contribution in [0, 0.1) is 15.9 Å². The largest absolute Gasteiger partial charge is 0.442 e. The number of anilines is 2. The molecule has 2 aliphatic rings. The van der Waals surface area contributed by atoms with Crippen LogP contribution in [0.3, 0.4) is 0 Å². The number of carbonyl (C=O) groups is 4. The zero-order valence-corrected chi connectivity index (χ0v) is 21.0. The molecule has 39 heavy (non-hydrogen) atoms. The predicted molar refractivity (Wildman–Crippen MR) is 138 cm³/mol. The van der Waals surface area contributed by atoms with Gasteiger partial charge in [0, 0.05) is 45.2 Å². The lowest BCUT2D eigenvalue weighted by Crippen LogP contribution is -2.48. The summed E-state index contributed by atoms with van der Waals surface area (Å²) in [6, 6.07) is 9.90. The number of para-hydroxylation sites is 1. The Hall–Kier alpha value is -4.81. The Bertz CT molecular complexity index is 1340. The number of nitrogens with one attached hydrogen (secondary N) is 1. The van der Waals surface area contributed by atoms with Crippen LogP contribution in [0.25, 0.3) is 0 Å². The van der Waals surface area contributed by atoms with Gasteiger partial charge in [-0.1, -0.05) is 12.1 Å². The topological polar surface area (TPSA) is 142 Å². The van der Waals surface area contributed by atoms with Crippen LogP contribution in [-0.4, -0.2) is 78.9 Å². The van der Waals surface area contributed by atoms with Crippen LogP contribution < -0.4 is 15.1 Å². The molecule has 1 atom stereocenters. The SMILES string of the molecule is CC(=O)NC[C@H]1CN(c2ccc(N3CCN(C(=O)/C=C/C(=O)c4ccccc4[N+](=O)[O-])CC3)c(F)c2)C(=O)O1. The quantitative estimate of drug-likeness (QED) is 0.233. The van der Waals surface area contributed by atoms with Crippen molar-refractivity contribution in [3.63, 3.8) is 0 Å². The smallest absolute Gasteiger partial charge is 0.414 e. The molecule has 13 heteroatoms. The Morgan fingerprint density at radius 1 is 1.13 bits per heavy atom. The van der Waals surface area contributed by atoms with E-state index in [-0.39, 0.29) is 43.3 Å². The van der Waals surface area contributed by atoms with Crippen molar-refractivity contribution in [2.45, 2.75) is 13.0 Å². The van der Waals surface area contributed by atoms with Crippen LogP contribution >= 0.6 is 0 Å². The standard InChI is InChI=1S/C26H26FN5O7/c1-17(33)28-15-19-16-31(26(36)39-19)18-6-7-23(21(27)14-18)29-10-12-30(13-11-29)25(35)9-8-24(34)20-4-2-3-5-22(20)32(37)38/h2-9,14,19H,10-13,15-16H2,1H3,(H,28,33)/b9-8+/t19-/m0/s1. The number of ketones is 1. The molecule has 0 unspecified atom stereocenters. The van der Waals surface area contributed by atoms with E-state index in [1.807, 2.05) is 0 Å². The predicted octanol–water partition coefficient (Wildman–Crippen LogP) is 2.28. The summed E-state index contributed by atoms with van der Waals surface area (Å²) in [6.07, 6.45) is 0.928. The molecule has 0 radical (unpaired) electrons. The summed E-state index contributed by atoms with van der Waals surface area (Å²) >= 11 is 0. The van der Waals surface area contributed by atoms with E-state index in [9.17, 15) is 29.3 Å². The number of nitro benzene ring substituents is 1. The lowest BCUT2D eigenvalue weighted by molar-refractivity contribution is -0.385. The maximum Gasteiger partial charge on any atom is 0.414 e. The molecule has 3 amide bonds. The van der Waals surface area contributed by atoms with Crippen LogP contribution in [0.4, 0.5) is 26.2 Å². The number of halogens is 1. The summed E-state index contributed by atoms with van der Waals surface area (Å²) in [4.78, 5) is 63.3. The number of rotatable bonds is 8. The van der Waals surface area contributed by atoms with Gasteiger partial charge in [0.05, 0.1) is 35.0 Å². The fourth-order valence-electron chi connectivity index (χ4n) is 4.37. The van der Waals surface area contributed by atoms with Crippen LogP contribution in [0.1, 0.15) is 17.3 Å². The molecule has 2 fully saturated rings. The minimum absolute atomic E-state index is 0.110. The molecule has 0 aliphatic carbocycles. The van der Waals surface area contributed by atoms with E-state index < -0.39 is 34.6 Å². The molecule has 204 valence electrons. The monoisotopic (exact) mass is 539 g/mol. The van der Waals surface area contributed by atoms with E-state index in [1.165, 1.54) is 47.1 Å². The third-order valence-corrected chi connectivity index (χ3v) is 6.37. The maximum absolute atomic E-state index is 15.0. The Kier molecular flexibility index (Phi) is 8.18. The minimum Gasteiger partial charge on any atom is -0.442 e. The first-order chi connectivity index (χ1) is 18.6. The van der Waals surface area contributed by atoms with Gasteiger partial charge in [-0.3, -0.25) is 29.4 Å². The second-order valence-electron chi connectivity index (χ2n) is 8.97. The average molecular weight is 540 g/mol. The van der Waals surface area contributed by atoms with Gasteiger partial charge in [-0.05, 0) is 30.3 Å². The number of carbonyl (C=O) groups excluding carboxylic acids is 4. The number of piperazine rings is 1. The normalized spacial score (nSPS) is 17.3. The van der Waals surface area contributed by atoms with E-state index >= 15 is 4.39 Å². The van der Waals surface area contributed by atoms with Crippen molar-refractivity contribution in [3.8, 4) is 0 Å². The molecule has 0 saturated carbocycles. The van der Waals surface area contributed by atoms with Gasteiger partial charge in [-0.15, -0.1) is 0 Å². The van der Waals surface area contributed by atoms with Crippen molar-refractivity contribution in [2.24, 2.45) is 0 Å². The number of cyclic esters (lactones) is 1. The van der Waals surface area contributed by atoms with Crippen molar-refractivity contribution >= 4 is 40.8 Å². The fraction of sp³-hybridized carbons (Fsp3) is 0.308. The maximum atomic E-state index is 15.0. The second-order valence-corrected chi connectivity index (χ2v) is 8.97. The minimum atomic E-state index is -0.657. The van der Waals surface area contributed by atoms with Crippen molar-refractivity contribution in [3.05, 3.63) is 76.1 Å². The van der Waals surface area contributed by atoms with Crippen molar-refractivity contribution in [1.29, 1.82) is 0 Å². The molecule has 2 saturated heterocycles. The molecule has 2 aromatic rings. The zero-order valence-electron chi connectivity index (χ0n) is 21.0. The molecule has 2 aromatic carbocycles. The molecule has 4 rings (SSSR count). The number of nitrogens with zero attached hydrogens (tertiary/aromatic N) is 4. The number of allylic oxidation sites excluding steroid dienone is 1. The highest BCUT2D eigenvalue weighted by Crippen LogP contribution is 2.28. The number of hydrogen-bond donors (Lipinski definition) is 1. The molecule has 2 heterocycles. The first kappa shape index (κ1) is 27.2. The Morgan fingerprint density at radius 2 is 1.85 bits per heavy atom. The van der Waals surface area contributed by atoms with E-state index in [0.717, 1.165) is 12.2 Å². The summed E-state index contributed by atoms with van der Waals surface area (Å²) in [5.74, 6) is -1.87. The van der Waals surface area contributed by atoms with Crippen LogP contribution in [0.15, 0.2) is 54.6 Å². The number of nitro groups is 1. The first-order valence-corrected chi connectivity index (χ1v) is 12.2. The average Bonchev–Trinajstić information content (AvgIpc) is 3.30. The lowest BCUT2D eigenvalue weighted by Gasteiger charge is -2.36. The number of amides is 3. The Labute approximate surface area is 222 Å². The van der Waals surface area contributed by atoms with Gasteiger partial charge in [0.15, 0.2) is 5.78 Å². The van der Waals surface area contributed by atoms with Crippen LogP contribution in [0.2, 0.25) is 0 Å². The zero-order chi connectivity index (χ0) is 28.1. The number of hydrogen-bond acceptors (Lipinski definition) is 8. The van der Waals surface area contributed by atoms with Crippen LogP contribution in [0.5, 0.6) is 0 Å². The van der Waals surface area contributed by atoms with E-state index in [0.29, 0.717) is 24.5 Å². The van der Waals surface area contributed by atoms with Gasteiger partial charge in [0.2, 0.25) is 11.8 Å². The highest BCUT2D eigenvalue weighted by molar-refractivity contribution is 6.09. The first-order valence-electron chi connectivity index (χ1n) is 12.2. The van der Waals surface area contributed by atoms with Gasteiger partial charge in [-0.25, -0.2) is 9.18 Å². The lowest BCUT2D eigenvalue weighted by atomic mass is 10.1. The van der Waals surface area contributed by atoms with Gasteiger partial charge in [0.1, 0.15) is 11.9 Å². The van der Waals surface area contributed by atoms with Gasteiger partial charge >= 0.3 is 6.09 Å². The molecule has 0 spiro atoms. The molecule has 12 nitrogen and oxygen atoms in total. The van der Waals surface area contributed by atoms with Crippen LogP contribution in [-0.2, 0) is 14.3 Å². The summed E-state index contributed by atoms with van der Waals surface area (Å²) in [5, 5.41) is 13.7. The molecular weight excluding hydrogens is 513 g/mol. The van der Waals surface area contributed by atoms with E-state index in [2.05, 4.69) is 5.32 Å². The summed E-state index contributed by atoms with van der Waals surface area (Å²) in [7, 11) is 0. The number of ether oxygens (including phenoxy) is 1. The van der Waals surface area contributed by atoms with Gasteiger partial charge in [0.25, 0.3) is 5.69 Å². The molecular formula is C26H26FN5O7. The summed E-state index contributed by atoms with van der Waals surface area (Å²) < 4.78 is 20.2. The summed E-state index contributed by atoms with van der Waals surface area (Å²) in [6.45, 7) is 2.90. The second kappa shape index (κ2) is 11.7. The third kappa shape index (κ3) is 6.37. The highest BCUT2D eigenvalue weighted by Gasteiger charge is 2.33. The molecule has 2 aliphatic heterocycles. The van der Waals surface area contributed by atoms with Crippen molar-refractivity contribution in [2.75, 3.05) is 49.1 Å². The van der Waals surface area contributed by atoms with E-state index in [1.54, 1.807) is 17.0 Å². The molecule has 1 N–H and O–H groups in total. The highest BCUT2D eigenvalue weighted by atomic mass is 19.1. The molecule has 0 bridgehead atoms. The summed E-state index contributed by atoms with van der Waals surface area (Å²) in [5.41, 5.74) is 0.192. The van der Waals surface area contributed by atoms with E-state index in [4.69, 9.17) is 4.74 Å². The Morgan fingerprint density at radius 3 is 2.51 bits per heavy atom. The number of benzene rings is 2. The van der Waals surface area contributed by atoms with Gasteiger partial charge in [-0.2, -0.15) is 0 Å². The van der Waals surface area contributed by atoms with Crippen molar-refractivity contribution in [1.82, 2.24) is 10.2 Å². The Balaban J connectivity index is 1.33.